The van der Waals surface area contributed by atoms with Crippen LogP contribution < -0.4 is 4.90 Å². The maximum Gasteiger partial charge on any atom is 0.241 e. The van der Waals surface area contributed by atoms with Crippen molar-refractivity contribution in [3.8, 4) is 6.07 Å². The highest BCUT2D eigenvalue weighted by atomic mass is 35.5. The number of benzene rings is 2. The lowest BCUT2D eigenvalue weighted by atomic mass is 9.97. The van der Waals surface area contributed by atoms with Crippen molar-refractivity contribution in [1.82, 2.24) is 9.88 Å². The molecule has 8 heteroatoms. The number of rotatable bonds is 6. The predicted octanol–water partition coefficient (Wildman–Crippen LogP) is 5.22. The van der Waals surface area contributed by atoms with E-state index in [0.717, 1.165) is 41.2 Å². The number of thiazole rings is 1. The number of aromatic nitrogens is 1. The zero-order valence-corrected chi connectivity index (χ0v) is 18.5. The molecular weight excluding hydrogens is 435 g/mol. The highest BCUT2D eigenvalue weighted by Crippen LogP contribution is 2.34. The number of carbonyl (C=O) groups excluding carboxylic acids is 1. The molecule has 1 aromatic heterocycles. The van der Waals surface area contributed by atoms with Gasteiger partial charge in [-0.05, 0) is 56.3 Å². The van der Waals surface area contributed by atoms with Crippen molar-refractivity contribution in [3.05, 3.63) is 58.3 Å². The molecule has 31 heavy (non-hydrogen) atoms. The quantitative estimate of drug-likeness (QED) is 0.510. The van der Waals surface area contributed by atoms with E-state index in [9.17, 15) is 9.18 Å². The second-order valence-electron chi connectivity index (χ2n) is 7.62. The van der Waals surface area contributed by atoms with E-state index in [1.54, 1.807) is 29.5 Å². The number of likely N-dealkylation sites (tertiary alicyclic amines) is 1. The van der Waals surface area contributed by atoms with Crippen molar-refractivity contribution >= 4 is 44.7 Å². The zero-order chi connectivity index (χ0) is 21.8. The molecular formula is C23H22ClFN4OS. The molecule has 0 aliphatic carbocycles. The largest absolute Gasteiger partial charge is 0.308 e. The number of hydrogen-bond donors (Lipinski definition) is 0. The molecule has 1 amide bonds. The van der Waals surface area contributed by atoms with Gasteiger partial charge in [-0.25, -0.2) is 9.37 Å². The van der Waals surface area contributed by atoms with E-state index in [2.05, 4.69) is 4.90 Å². The molecule has 2 aromatic carbocycles. The van der Waals surface area contributed by atoms with Gasteiger partial charge in [0.15, 0.2) is 0 Å². The summed E-state index contributed by atoms with van der Waals surface area (Å²) in [5.74, 6) is -0.277. The summed E-state index contributed by atoms with van der Waals surface area (Å²) in [5.41, 5.74) is 1.16. The van der Waals surface area contributed by atoms with E-state index < -0.39 is 5.82 Å². The van der Waals surface area contributed by atoms with Crippen molar-refractivity contribution in [2.24, 2.45) is 0 Å². The summed E-state index contributed by atoms with van der Waals surface area (Å²) >= 11 is 7.78. The van der Waals surface area contributed by atoms with Gasteiger partial charge in [0, 0.05) is 17.5 Å². The van der Waals surface area contributed by atoms with Crippen LogP contribution in [0.5, 0.6) is 0 Å². The van der Waals surface area contributed by atoms with Gasteiger partial charge < -0.3 is 4.90 Å². The van der Waals surface area contributed by atoms with Crippen LogP contribution in [-0.2, 0) is 4.79 Å². The topological polar surface area (TPSA) is 60.2 Å². The Hall–Kier alpha value is -2.53. The van der Waals surface area contributed by atoms with Crippen molar-refractivity contribution < 1.29 is 9.18 Å². The van der Waals surface area contributed by atoms with E-state index in [4.69, 9.17) is 21.8 Å². The normalized spacial score (nSPS) is 15.1. The van der Waals surface area contributed by atoms with Crippen LogP contribution in [0.3, 0.4) is 0 Å². The predicted molar refractivity (Wildman–Crippen MR) is 122 cm³/mol. The van der Waals surface area contributed by atoms with Gasteiger partial charge >= 0.3 is 0 Å². The number of amides is 1. The minimum Gasteiger partial charge on any atom is -0.308 e. The second-order valence-corrected chi connectivity index (χ2v) is 9.12. The molecule has 160 valence electrons. The molecule has 1 fully saturated rings. The molecule has 5 nitrogen and oxygen atoms in total. The molecule has 0 radical (unpaired) electrons. The van der Waals surface area contributed by atoms with Crippen LogP contribution in [-0.4, -0.2) is 42.0 Å². The van der Waals surface area contributed by atoms with E-state index in [-0.39, 0.29) is 31.1 Å². The van der Waals surface area contributed by atoms with E-state index >= 15 is 0 Å². The highest BCUT2D eigenvalue weighted by molar-refractivity contribution is 7.18. The van der Waals surface area contributed by atoms with Gasteiger partial charge in [0.05, 0.1) is 39.9 Å². The maximum absolute atomic E-state index is 14.3. The van der Waals surface area contributed by atoms with Gasteiger partial charge in [0.25, 0.3) is 0 Å². The number of halogens is 2. The summed E-state index contributed by atoms with van der Waals surface area (Å²) in [5, 5.41) is 10.7. The van der Waals surface area contributed by atoms with Crippen LogP contribution in [0, 0.1) is 17.1 Å². The zero-order valence-electron chi connectivity index (χ0n) is 16.9. The average molecular weight is 457 g/mol. The fourth-order valence-electron chi connectivity index (χ4n) is 3.92. The summed E-state index contributed by atoms with van der Waals surface area (Å²) in [6, 6.07) is 14.0. The molecule has 4 rings (SSSR count). The lowest BCUT2D eigenvalue weighted by molar-refractivity contribution is -0.120. The Labute approximate surface area is 189 Å². The van der Waals surface area contributed by atoms with E-state index in [0.29, 0.717) is 10.9 Å². The molecule has 0 N–H and O–H groups in total. The number of fused-ring (bicyclic) bond motifs is 1. The Morgan fingerprint density at radius 2 is 2.06 bits per heavy atom. The standard InChI is InChI=1S/C23H22ClFN4OS/c24-17-6-7-21-19(14-17)27-23(31-21)16-8-12-28(13-9-16)15-22(30)29(11-3-10-26)20-5-2-1-4-18(20)25/h1-2,4-7,14,16H,3,8-9,11-13,15H2. The van der Waals surface area contributed by atoms with Gasteiger partial charge in [-0.15, -0.1) is 11.3 Å². The lowest BCUT2D eigenvalue weighted by Crippen LogP contribution is -2.44. The average Bonchev–Trinajstić information content (AvgIpc) is 3.19. The Balaban J connectivity index is 1.39. The summed E-state index contributed by atoms with van der Waals surface area (Å²) in [4.78, 5) is 21.2. The number of nitrogens with zero attached hydrogens (tertiary/aromatic N) is 4. The monoisotopic (exact) mass is 456 g/mol. The smallest absolute Gasteiger partial charge is 0.241 e. The van der Waals surface area contributed by atoms with Gasteiger partial charge in [-0.1, -0.05) is 23.7 Å². The fraction of sp³-hybridized carbons (Fsp3) is 0.348. The number of hydrogen-bond acceptors (Lipinski definition) is 5. The number of nitriles is 1. The SMILES string of the molecule is N#CCCN(C(=O)CN1CCC(c2nc3cc(Cl)ccc3s2)CC1)c1ccccc1F. The van der Waals surface area contributed by atoms with E-state index in [1.165, 1.54) is 11.0 Å². The number of piperidine rings is 1. The first-order valence-corrected chi connectivity index (χ1v) is 11.4. The minimum atomic E-state index is -0.455. The highest BCUT2D eigenvalue weighted by Gasteiger charge is 2.27. The van der Waals surface area contributed by atoms with Crippen LogP contribution in [0.25, 0.3) is 10.2 Å². The van der Waals surface area contributed by atoms with Gasteiger partial charge in [-0.2, -0.15) is 5.26 Å². The third kappa shape index (κ3) is 5.04. The van der Waals surface area contributed by atoms with E-state index in [1.807, 2.05) is 24.3 Å². The van der Waals surface area contributed by atoms with Gasteiger partial charge in [-0.3, -0.25) is 9.69 Å². The molecule has 2 heterocycles. The van der Waals surface area contributed by atoms with Crippen molar-refractivity contribution in [1.29, 1.82) is 5.26 Å². The first kappa shape index (κ1) is 21.7. The van der Waals surface area contributed by atoms with Gasteiger partial charge in [0.1, 0.15) is 5.82 Å². The molecule has 0 unspecified atom stereocenters. The third-order valence-corrected chi connectivity index (χ3v) is 6.99. The Morgan fingerprint density at radius 3 is 2.81 bits per heavy atom. The number of para-hydroxylation sites is 1. The molecule has 0 spiro atoms. The number of carbonyl (C=O) groups is 1. The molecule has 1 aliphatic heterocycles. The first-order chi connectivity index (χ1) is 15.0. The molecule has 0 atom stereocenters. The summed E-state index contributed by atoms with van der Waals surface area (Å²) < 4.78 is 15.4. The van der Waals surface area contributed by atoms with Crippen LogP contribution in [0.1, 0.15) is 30.2 Å². The van der Waals surface area contributed by atoms with Crippen molar-refractivity contribution in [3.63, 3.8) is 0 Å². The maximum atomic E-state index is 14.3. The van der Waals surface area contributed by atoms with Gasteiger partial charge in [0.2, 0.25) is 5.91 Å². The number of anilines is 1. The third-order valence-electron chi connectivity index (χ3n) is 5.55. The Morgan fingerprint density at radius 1 is 1.29 bits per heavy atom. The molecule has 0 bridgehead atoms. The Kier molecular flexibility index (Phi) is 6.81. The minimum absolute atomic E-state index is 0.157. The lowest BCUT2D eigenvalue weighted by Gasteiger charge is -2.32. The summed E-state index contributed by atoms with van der Waals surface area (Å²) in [6.07, 6.45) is 1.99. The molecule has 0 saturated carbocycles. The summed E-state index contributed by atoms with van der Waals surface area (Å²) in [6.45, 7) is 1.94. The van der Waals surface area contributed by atoms with Crippen LogP contribution in [0.15, 0.2) is 42.5 Å². The summed E-state index contributed by atoms with van der Waals surface area (Å²) in [7, 11) is 0. The molecule has 1 saturated heterocycles. The second kappa shape index (κ2) is 9.73. The first-order valence-electron chi connectivity index (χ1n) is 10.3. The van der Waals surface area contributed by atoms with Crippen molar-refractivity contribution in [2.45, 2.75) is 25.2 Å². The molecule has 1 aliphatic rings. The van der Waals surface area contributed by atoms with Crippen LogP contribution >= 0.6 is 22.9 Å². The Bertz CT molecular complexity index is 1120. The van der Waals surface area contributed by atoms with Crippen LogP contribution in [0.2, 0.25) is 5.02 Å². The van der Waals surface area contributed by atoms with Crippen molar-refractivity contribution in [2.75, 3.05) is 31.1 Å². The fourth-order valence-corrected chi connectivity index (χ4v) is 5.20. The molecule has 3 aromatic rings. The van der Waals surface area contributed by atoms with Crippen LogP contribution in [0.4, 0.5) is 10.1 Å².